The molecule has 0 unspecified atom stereocenters. The van der Waals surface area contributed by atoms with Crippen molar-refractivity contribution in [3.05, 3.63) is 57.3 Å². The van der Waals surface area contributed by atoms with Crippen molar-refractivity contribution in [2.45, 2.75) is 45.5 Å². The number of nitrogens with one attached hydrogen (secondary N) is 2. The molecule has 1 aliphatic heterocycles. The first-order valence-electron chi connectivity index (χ1n) is 9.60. The summed E-state index contributed by atoms with van der Waals surface area (Å²) in [5.41, 5.74) is 2.56. The minimum atomic E-state index is -0.110. The Morgan fingerprint density at radius 1 is 1.07 bits per heavy atom. The quantitative estimate of drug-likeness (QED) is 0.528. The Morgan fingerprint density at radius 2 is 1.74 bits per heavy atom. The summed E-state index contributed by atoms with van der Waals surface area (Å²) in [6, 6.07) is 13.1. The number of aliphatic hydroxyl groups excluding tert-OH is 1. The van der Waals surface area contributed by atoms with Crippen LogP contribution in [0.15, 0.2) is 41.4 Å². The number of benzene rings is 1. The number of piperidine rings is 1. The Labute approximate surface area is 166 Å². The van der Waals surface area contributed by atoms with E-state index in [1.807, 2.05) is 11.3 Å². The summed E-state index contributed by atoms with van der Waals surface area (Å²) in [5, 5.41) is 16.3. The van der Waals surface area contributed by atoms with Crippen LogP contribution < -0.4 is 10.6 Å². The molecule has 1 saturated heterocycles. The van der Waals surface area contributed by atoms with Crippen molar-refractivity contribution in [3.63, 3.8) is 0 Å². The number of rotatable bonds is 6. The third-order valence-electron chi connectivity index (χ3n) is 4.90. The van der Waals surface area contributed by atoms with Gasteiger partial charge in [-0.25, -0.2) is 0 Å². The Morgan fingerprint density at radius 3 is 2.37 bits per heavy atom. The van der Waals surface area contributed by atoms with E-state index in [0.29, 0.717) is 0 Å². The molecule has 0 amide bonds. The molecule has 1 aliphatic rings. The molecule has 27 heavy (non-hydrogen) atoms. The third-order valence-corrected chi connectivity index (χ3v) is 5.90. The smallest absolute Gasteiger partial charge is 0.191 e. The van der Waals surface area contributed by atoms with Crippen LogP contribution in [-0.4, -0.2) is 42.2 Å². The van der Waals surface area contributed by atoms with Crippen molar-refractivity contribution in [3.8, 4) is 0 Å². The topological polar surface area (TPSA) is 59.9 Å². The van der Waals surface area contributed by atoms with Gasteiger partial charge >= 0.3 is 0 Å². The van der Waals surface area contributed by atoms with Gasteiger partial charge in [-0.05, 0) is 43.0 Å². The molecule has 2 heterocycles. The number of aliphatic imine (C=N–C) groups is 1. The van der Waals surface area contributed by atoms with Gasteiger partial charge in [0.05, 0.1) is 12.6 Å². The highest BCUT2D eigenvalue weighted by atomic mass is 32.1. The number of hydrogen-bond acceptors (Lipinski definition) is 4. The fourth-order valence-electron chi connectivity index (χ4n) is 3.26. The average molecular weight is 387 g/mol. The highest BCUT2D eigenvalue weighted by Crippen LogP contribution is 2.15. The molecule has 0 bridgehead atoms. The SMILES string of the molecule is CN=C(NCc1ccc(CN2CCC(O)CC2)cc1)NCc1ccc(C)s1. The molecule has 0 saturated carbocycles. The van der Waals surface area contributed by atoms with Gasteiger partial charge in [0.1, 0.15) is 0 Å². The lowest BCUT2D eigenvalue weighted by Crippen LogP contribution is -2.36. The molecule has 0 aliphatic carbocycles. The monoisotopic (exact) mass is 386 g/mol. The fourth-order valence-corrected chi connectivity index (χ4v) is 4.09. The van der Waals surface area contributed by atoms with Gasteiger partial charge in [-0.1, -0.05) is 24.3 Å². The van der Waals surface area contributed by atoms with Gasteiger partial charge < -0.3 is 15.7 Å². The first-order valence-corrected chi connectivity index (χ1v) is 10.4. The lowest BCUT2D eigenvalue weighted by Gasteiger charge is -2.29. The first-order chi connectivity index (χ1) is 13.1. The number of guanidine groups is 1. The van der Waals surface area contributed by atoms with Gasteiger partial charge in [-0.3, -0.25) is 9.89 Å². The number of thiophene rings is 1. The van der Waals surface area contributed by atoms with E-state index in [1.165, 1.54) is 20.9 Å². The van der Waals surface area contributed by atoms with Crippen LogP contribution in [0.2, 0.25) is 0 Å². The molecule has 3 rings (SSSR count). The standard InChI is InChI=1S/C21H30N4OS/c1-16-3-8-20(27-16)14-24-21(22-2)23-13-17-4-6-18(7-5-17)15-25-11-9-19(26)10-12-25/h3-8,19,26H,9-15H2,1-2H3,(H2,22,23,24). The zero-order valence-electron chi connectivity index (χ0n) is 16.2. The normalized spacial score (nSPS) is 16.5. The summed E-state index contributed by atoms with van der Waals surface area (Å²) < 4.78 is 0. The van der Waals surface area contributed by atoms with Gasteiger partial charge in [0.15, 0.2) is 5.96 Å². The molecule has 0 spiro atoms. The number of nitrogens with zero attached hydrogens (tertiary/aromatic N) is 2. The summed E-state index contributed by atoms with van der Waals surface area (Å²) in [7, 11) is 1.80. The third kappa shape index (κ3) is 6.34. The molecule has 1 fully saturated rings. The zero-order chi connectivity index (χ0) is 19.1. The number of aryl methyl sites for hydroxylation is 1. The van der Waals surface area contributed by atoms with Crippen LogP contribution in [0.4, 0.5) is 0 Å². The molecule has 2 aromatic rings. The van der Waals surface area contributed by atoms with Gasteiger partial charge in [0.25, 0.3) is 0 Å². The maximum atomic E-state index is 9.61. The van der Waals surface area contributed by atoms with E-state index in [2.05, 4.69) is 63.8 Å². The summed E-state index contributed by atoms with van der Waals surface area (Å²) >= 11 is 1.81. The van der Waals surface area contributed by atoms with Crippen molar-refractivity contribution in [1.29, 1.82) is 0 Å². The first kappa shape index (κ1) is 19.9. The highest BCUT2D eigenvalue weighted by Gasteiger charge is 2.16. The lowest BCUT2D eigenvalue weighted by atomic mass is 10.1. The van der Waals surface area contributed by atoms with E-state index in [0.717, 1.165) is 51.5 Å². The second-order valence-corrected chi connectivity index (χ2v) is 8.49. The largest absolute Gasteiger partial charge is 0.393 e. The summed E-state index contributed by atoms with van der Waals surface area (Å²) in [6.45, 7) is 6.59. The molecule has 0 atom stereocenters. The Hall–Kier alpha value is -1.89. The van der Waals surface area contributed by atoms with Crippen LogP contribution >= 0.6 is 11.3 Å². The van der Waals surface area contributed by atoms with Crippen molar-refractivity contribution in [2.24, 2.45) is 4.99 Å². The Balaban J connectivity index is 1.43. The second kappa shape index (κ2) is 9.88. The van der Waals surface area contributed by atoms with E-state index in [-0.39, 0.29) is 6.10 Å². The van der Waals surface area contributed by atoms with Gasteiger partial charge in [-0.2, -0.15) is 0 Å². The van der Waals surface area contributed by atoms with Gasteiger partial charge in [0, 0.05) is 43.0 Å². The van der Waals surface area contributed by atoms with Crippen molar-refractivity contribution < 1.29 is 5.11 Å². The zero-order valence-corrected chi connectivity index (χ0v) is 17.1. The van der Waals surface area contributed by atoms with E-state index in [1.54, 1.807) is 7.05 Å². The summed E-state index contributed by atoms with van der Waals surface area (Å²) in [4.78, 5) is 9.35. The predicted molar refractivity (Wildman–Crippen MR) is 113 cm³/mol. The average Bonchev–Trinajstić information content (AvgIpc) is 3.10. The van der Waals surface area contributed by atoms with Crippen LogP contribution in [0.5, 0.6) is 0 Å². The van der Waals surface area contributed by atoms with Crippen LogP contribution in [0, 0.1) is 6.92 Å². The van der Waals surface area contributed by atoms with Crippen LogP contribution in [0.25, 0.3) is 0 Å². The number of aliphatic hydroxyl groups is 1. The van der Waals surface area contributed by atoms with Crippen LogP contribution in [-0.2, 0) is 19.6 Å². The lowest BCUT2D eigenvalue weighted by molar-refractivity contribution is 0.0792. The summed E-state index contributed by atoms with van der Waals surface area (Å²) in [5.74, 6) is 0.817. The van der Waals surface area contributed by atoms with Gasteiger partial charge in [0.2, 0.25) is 0 Å². The Bertz CT molecular complexity index is 733. The minimum absolute atomic E-state index is 0.110. The number of likely N-dealkylation sites (tertiary alicyclic amines) is 1. The van der Waals surface area contributed by atoms with E-state index >= 15 is 0 Å². The van der Waals surface area contributed by atoms with Crippen LogP contribution in [0.1, 0.15) is 33.7 Å². The van der Waals surface area contributed by atoms with E-state index in [9.17, 15) is 5.11 Å². The molecule has 1 aromatic heterocycles. The van der Waals surface area contributed by atoms with Crippen molar-refractivity contribution in [2.75, 3.05) is 20.1 Å². The highest BCUT2D eigenvalue weighted by molar-refractivity contribution is 7.11. The summed E-state index contributed by atoms with van der Waals surface area (Å²) in [6.07, 6.45) is 1.67. The maximum Gasteiger partial charge on any atom is 0.191 e. The molecular formula is C21H30N4OS. The maximum absolute atomic E-state index is 9.61. The predicted octanol–water partition coefficient (Wildman–Crippen LogP) is 2.88. The molecule has 146 valence electrons. The number of hydrogen-bond donors (Lipinski definition) is 3. The van der Waals surface area contributed by atoms with Crippen molar-refractivity contribution in [1.82, 2.24) is 15.5 Å². The Kier molecular flexibility index (Phi) is 7.26. The van der Waals surface area contributed by atoms with Gasteiger partial charge in [-0.15, -0.1) is 11.3 Å². The van der Waals surface area contributed by atoms with Crippen LogP contribution in [0.3, 0.4) is 0 Å². The van der Waals surface area contributed by atoms with Crippen molar-refractivity contribution >= 4 is 17.3 Å². The molecule has 6 heteroatoms. The molecule has 3 N–H and O–H groups in total. The van der Waals surface area contributed by atoms with E-state index in [4.69, 9.17) is 0 Å². The molecule has 1 aromatic carbocycles. The molecule has 5 nitrogen and oxygen atoms in total. The van der Waals surface area contributed by atoms with E-state index < -0.39 is 0 Å². The second-order valence-electron chi connectivity index (χ2n) is 7.12. The fraction of sp³-hybridized carbons (Fsp3) is 0.476. The minimum Gasteiger partial charge on any atom is -0.393 e. The molecular weight excluding hydrogens is 356 g/mol. The molecule has 0 radical (unpaired) electrons.